The number of alkyl halides is 1. The zero-order valence-electron chi connectivity index (χ0n) is 7.17. The van der Waals surface area contributed by atoms with Gasteiger partial charge in [-0.1, -0.05) is 0 Å². The van der Waals surface area contributed by atoms with Gasteiger partial charge in [0.25, 0.3) is 0 Å². The van der Waals surface area contributed by atoms with Crippen molar-refractivity contribution in [2.45, 2.75) is 11.8 Å². The van der Waals surface area contributed by atoms with Crippen LogP contribution in [0.3, 0.4) is 0 Å². The SMILES string of the molecule is C[N+](C)(C)C[C@H](Cl)CC(=O)O. The van der Waals surface area contributed by atoms with Crippen LogP contribution in [0, 0.1) is 0 Å². The minimum absolute atomic E-state index is 0.0388. The summed E-state index contributed by atoms with van der Waals surface area (Å²) < 4.78 is 0.696. The zero-order chi connectivity index (χ0) is 9.07. The van der Waals surface area contributed by atoms with Crippen molar-refractivity contribution < 1.29 is 14.4 Å². The first kappa shape index (κ1) is 10.7. The Morgan fingerprint density at radius 3 is 2.27 bits per heavy atom. The normalized spacial score (nSPS) is 14.5. The summed E-state index contributed by atoms with van der Waals surface area (Å²) in [5, 5.41) is 8.12. The van der Waals surface area contributed by atoms with Crippen LogP contribution in [-0.2, 0) is 4.79 Å². The number of hydrogen-bond acceptors (Lipinski definition) is 1. The Morgan fingerprint density at radius 1 is 1.55 bits per heavy atom. The van der Waals surface area contributed by atoms with E-state index in [1.54, 1.807) is 0 Å². The van der Waals surface area contributed by atoms with Crippen LogP contribution in [0.15, 0.2) is 0 Å². The van der Waals surface area contributed by atoms with Crippen LogP contribution in [0.25, 0.3) is 0 Å². The maximum atomic E-state index is 10.2. The van der Waals surface area contributed by atoms with E-state index < -0.39 is 5.97 Å². The number of hydrogen-bond donors (Lipinski definition) is 1. The Morgan fingerprint density at radius 2 is 2.00 bits per heavy atom. The van der Waals surface area contributed by atoms with Crippen LogP contribution in [0.5, 0.6) is 0 Å². The Bertz CT molecular complexity index is 142. The molecule has 4 heteroatoms. The highest BCUT2D eigenvalue weighted by molar-refractivity contribution is 6.21. The molecule has 0 radical (unpaired) electrons. The minimum atomic E-state index is -0.835. The molecule has 0 aromatic carbocycles. The Hall–Kier alpha value is -0.280. The summed E-state index contributed by atoms with van der Waals surface area (Å²) in [7, 11) is 5.95. The quantitative estimate of drug-likeness (QED) is 0.513. The number of rotatable bonds is 4. The number of quaternary nitrogens is 1. The molecule has 0 spiro atoms. The van der Waals surface area contributed by atoms with Gasteiger partial charge in [0.1, 0.15) is 0 Å². The predicted octanol–water partition coefficient (Wildman–Crippen LogP) is 0.775. The molecule has 0 heterocycles. The first-order valence-electron chi connectivity index (χ1n) is 3.47. The Balaban J connectivity index is 3.69. The van der Waals surface area contributed by atoms with Crippen molar-refractivity contribution in [1.82, 2.24) is 0 Å². The highest BCUT2D eigenvalue weighted by Gasteiger charge is 2.17. The van der Waals surface area contributed by atoms with Crippen molar-refractivity contribution in [2.75, 3.05) is 27.7 Å². The molecular weight excluding hydrogens is 166 g/mol. The third-order valence-electron chi connectivity index (χ3n) is 1.14. The molecular formula is C7H15ClNO2+. The topological polar surface area (TPSA) is 37.3 Å². The molecule has 0 amide bonds. The van der Waals surface area contributed by atoms with Crippen LogP contribution in [-0.4, -0.2) is 48.6 Å². The highest BCUT2D eigenvalue weighted by Crippen LogP contribution is 2.06. The summed E-state index contributed by atoms with van der Waals surface area (Å²) in [6.45, 7) is 0.674. The van der Waals surface area contributed by atoms with Gasteiger partial charge in [-0.15, -0.1) is 11.6 Å². The molecule has 1 N–H and O–H groups in total. The molecule has 0 aliphatic heterocycles. The van der Waals surface area contributed by atoms with E-state index in [1.165, 1.54) is 0 Å². The molecule has 0 rings (SSSR count). The molecule has 3 nitrogen and oxygen atoms in total. The van der Waals surface area contributed by atoms with E-state index in [9.17, 15) is 4.79 Å². The molecule has 0 aliphatic carbocycles. The average Bonchev–Trinajstić information content (AvgIpc) is 1.53. The van der Waals surface area contributed by atoms with E-state index in [-0.39, 0.29) is 11.8 Å². The lowest BCUT2D eigenvalue weighted by Crippen LogP contribution is -2.40. The maximum absolute atomic E-state index is 10.2. The summed E-state index contributed by atoms with van der Waals surface area (Å²) in [6.07, 6.45) is 0.0388. The van der Waals surface area contributed by atoms with E-state index in [2.05, 4.69) is 0 Å². The lowest BCUT2D eigenvalue weighted by Gasteiger charge is -2.25. The first-order chi connectivity index (χ1) is 4.81. The third-order valence-corrected chi connectivity index (χ3v) is 1.43. The molecule has 0 unspecified atom stereocenters. The predicted molar refractivity (Wildman–Crippen MR) is 44.8 cm³/mol. The molecule has 0 bridgehead atoms. The maximum Gasteiger partial charge on any atom is 0.305 e. The van der Waals surface area contributed by atoms with Crippen molar-refractivity contribution in [3.05, 3.63) is 0 Å². The number of nitrogens with zero attached hydrogens (tertiary/aromatic N) is 1. The van der Waals surface area contributed by atoms with Crippen molar-refractivity contribution in [3.8, 4) is 0 Å². The van der Waals surface area contributed by atoms with Gasteiger partial charge in [0.15, 0.2) is 0 Å². The molecule has 0 fully saturated rings. The van der Waals surface area contributed by atoms with Gasteiger partial charge in [0.2, 0.25) is 0 Å². The number of halogens is 1. The van der Waals surface area contributed by atoms with Gasteiger partial charge in [-0.05, 0) is 0 Å². The van der Waals surface area contributed by atoms with Crippen molar-refractivity contribution in [2.24, 2.45) is 0 Å². The second-order valence-electron chi connectivity index (χ2n) is 3.67. The molecule has 0 saturated carbocycles. The van der Waals surface area contributed by atoms with Crippen LogP contribution in [0.2, 0.25) is 0 Å². The second kappa shape index (κ2) is 3.93. The van der Waals surface area contributed by atoms with E-state index in [0.717, 1.165) is 0 Å². The molecule has 0 aromatic rings. The molecule has 11 heavy (non-hydrogen) atoms. The fourth-order valence-electron chi connectivity index (χ4n) is 0.848. The fourth-order valence-corrected chi connectivity index (χ4v) is 1.39. The van der Waals surface area contributed by atoms with Crippen molar-refractivity contribution in [3.63, 3.8) is 0 Å². The summed E-state index contributed by atoms with van der Waals surface area (Å²) >= 11 is 5.76. The van der Waals surface area contributed by atoms with Gasteiger partial charge in [0, 0.05) is 0 Å². The summed E-state index contributed by atoms with van der Waals surface area (Å²) in [6, 6.07) is 0. The van der Waals surface area contributed by atoms with Gasteiger partial charge >= 0.3 is 5.97 Å². The smallest absolute Gasteiger partial charge is 0.305 e. The number of carboxylic acid groups (broad SMARTS) is 1. The van der Waals surface area contributed by atoms with Gasteiger partial charge in [-0.2, -0.15) is 0 Å². The summed E-state index contributed by atoms with van der Waals surface area (Å²) in [5.41, 5.74) is 0. The molecule has 0 aromatic heterocycles. The van der Waals surface area contributed by atoms with Crippen LogP contribution in [0.4, 0.5) is 0 Å². The average molecular weight is 181 g/mol. The molecule has 1 atom stereocenters. The van der Waals surface area contributed by atoms with E-state index in [0.29, 0.717) is 11.0 Å². The van der Waals surface area contributed by atoms with E-state index >= 15 is 0 Å². The first-order valence-corrected chi connectivity index (χ1v) is 3.91. The molecule has 0 aliphatic rings. The fraction of sp³-hybridized carbons (Fsp3) is 0.857. The van der Waals surface area contributed by atoms with Crippen LogP contribution < -0.4 is 0 Å². The monoisotopic (exact) mass is 180 g/mol. The van der Waals surface area contributed by atoms with E-state index in [1.807, 2.05) is 21.1 Å². The summed E-state index contributed by atoms with van der Waals surface area (Å²) in [4.78, 5) is 10.2. The van der Waals surface area contributed by atoms with Crippen molar-refractivity contribution >= 4 is 17.6 Å². The van der Waals surface area contributed by atoms with E-state index in [4.69, 9.17) is 16.7 Å². The molecule has 66 valence electrons. The third kappa shape index (κ3) is 7.62. The Labute approximate surface area is 72.2 Å². The summed E-state index contributed by atoms with van der Waals surface area (Å²) in [5.74, 6) is -0.835. The number of carboxylic acids is 1. The Kier molecular flexibility index (Phi) is 3.83. The largest absolute Gasteiger partial charge is 0.481 e. The minimum Gasteiger partial charge on any atom is -0.481 e. The lowest BCUT2D eigenvalue weighted by atomic mass is 10.3. The van der Waals surface area contributed by atoms with Gasteiger partial charge < -0.3 is 9.59 Å². The zero-order valence-corrected chi connectivity index (χ0v) is 7.93. The lowest BCUT2D eigenvalue weighted by molar-refractivity contribution is -0.869. The standard InChI is InChI=1S/C7H14ClNO2/c1-9(2,3)5-6(8)4-7(10)11/h6H,4-5H2,1-3H3/p+1/t6-/m1/s1. The van der Waals surface area contributed by atoms with Crippen LogP contribution >= 0.6 is 11.6 Å². The highest BCUT2D eigenvalue weighted by atomic mass is 35.5. The van der Waals surface area contributed by atoms with Gasteiger partial charge in [0.05, 0.1) is 39.5 Å². The molecule has 0 saturated heterocycles. The van der Waals surface area contributed by atoms with Crippen LogP contribution in [0.1, 0.15) is 6.42 Å². The number of carbonyl (C=O) groups is 1. The van der Waals surface area contributed by atoms with Gasteiger partial charge in [-0.3, -0.25) is 4.79 Å². The van der Waals surface area contributed by atoms with Crippen molar-refractivity contribution in [1.29, 1.82) is 0 Å². The second-order valence-corrected chi connectivity index (χ2v) is 4.29. The van der Waals surface area contributed by atoms with Gasteiger partial charge in [-0.25, -0.2) is 0 Å². The number of aliphatic carboxylic acids is 1.